The second-order valence-electron chi connectivity index (χ2n) is 5.71. The molecule has 0 radical (unpaired) electrons. The Kier molecular flexibility index (Phi) is 3.84. The Morgan fingerprint density at radius 2 is 1.71 bits per heavy atom. The smallest absolute Gasteiger partial charge is 0.412 e. The lowest BCUT2D eigenvalue weighted by molar-refractivity contribution is 0.0634. The molecule has 0 saturated heterocycles. The Morgan fingerprint density at radius 1 is 1.05 bits per heavy atom. The van der Waals surface area contributed by atoms with Crippen molar-refractivity contribution in [1.29, 1.82) is 0 Å². The summed E-state index contributed by atoms with van der Waals surface area (Å²) in [4.78, 5) is 22.7. The molecule has 2 N–H and O–H groups in total. The molecular formula is C16H17NO4. The van der Waals surface area contributed by atoms with E-state index >= 15 is 0 Å². The number of hydrogen-bond donors (Lipinski definition) is 2. The Morgan fingerprint density at radius 3 is 2.33 bits per heavy atom. The van der Waals surface area contributed by atoms with Crippen LogP contribution in [0.4, 0.5) is 10.5 Å². The van der Waals surface area contributed by atoms with Crippen LogP contribution < -0.4 is 5.32 Å². The normalized spacial score (nSPS) is 11.2. The number of ether oxygens (including phenoxy) is 1. The van der Waals surface area contributed by atoms with E-state index in [1.807, 2.05) is 6.07 Å². The Labute approximate surface area is 122 Å². The Hall–Kier alpha value is -2.56. The maximum atomic E-state index is 11.7. The van der Waals surface area contributed by atoms with Crippen molar-refractivity contribution in [2.24, 2.45) is 0 Å². The van der Waals surface area contributed by atoms with Crippen molar-refractivity contribution in [3.05, 3.63) is 42.0 Å². The van der Waals surface area contributed by atoms with Gasteiger partial charge in [-0.15, -0.1) is 0 Å². The van der Waals surface area contributed by atoms with Crippen molar-refractivity contribution >= 4 is 28.5 Å². The highest BCUT2D eigenvalue weighted by Crippen LogP contribution is 2.21. The van der Waals surface area contributed by atoms with Crippen molar-refractivity contribution in [3.63, 3.8) is 0 Å². The van der Waals surface area contributed by atoms with Crippen LogP contribution in [0, 0.1) is 0 Å². The van der Waals surface area contributed by atoms with Gasteiger partial charge in [-0.1, -0.05) is 12.1 Å². The number of benzene rings is 2. The summed E-state index contributed by atoms with van der Waals surface area (Å²) in [7, 11) is 0. The molecule has 0 aliphatic carbocycles. The summed E-state index contributed by atoms with van der Waals surface area (Å²) in [6, 6.07) is 10.1. The fourth-order valence-corrected chi connectivity index (χ4v) is 1.88. The molecular weight excluding hydrogens is 270 g/mol. The molecule has 2 aromatic carbocycles. The van der Waals surface area contributed by atoms with Crippen LogP contribution in [0.5, 0.6) is 0 Å². The van der Waals surface area contributed by atoms with Gasteiger partial charge in [0.1, 0.15) is 5.60 Å². The number of fused-ring (bicyclic) bond motifs is 1. The first kappa shape index (κ1) is 14.8. The van der Waals surface area contributed by atoms with E-state index < -0.39 is 17.7 Å². The predicted molar refractivity (Wildman–Crippen MR) is 80.8 cm³/mol. The SMILES string of the molecule is CC(C)(C)OC(=O)Nc1ccc2ccc(C(=O)O)cc2c1. The van der Waals surface area contributed by atoms with Gasteiger partial charge in [-0.05, 0) is 55.8 Å². The standard InChI is InChI=1S/C16H17NO4/c1-16(2,3)21-15(20)17-13-7-6-10-4-5-11(14(18)19)8-12(10)9-13/h4-9H,1-3H3,(H,17,20)(H,18,19). The highest BCUT2D eigenvalue weighted by Gasteiger charge is 2.16. The first-order chi connectivity index (χ1) is 9.74. The minimum Gasteiger partial charge on any atom is -0.478 e. The van der Waals surface area contributed by atoms with E-state index in [-0.39, 0.29) is 5.56 Å². The zero-order valence-electron chi connectivity index (χ0n) is 12.1. The summed E-state index contributed by atoms with van der Waals surface area (Å²) in [5.41, 5.74) is 0.188. The van der Waals surface area contributed by atoms with Crippen molar-refractivity contribution in [3.8, 4) is 0 Å². The number of carboxylic acids is 1. The highest BCUT2D eigenvalue weighted by molar-refractivity contribution is 5.96. The molecule has 0 unspecified atom stereocenters. The lowest BCUT2D eigenvalue weighted by Gasteiger charge is -2.19. The Bertz CT molecular complexity index is 701. The van der Waals surface area contributed by atoms with Crippen LogP contribution in [0.2, 0.25) is 0 Å². The van der Waals surface area contributed by atoms with E-state index in [4.69, 9.17) is 9.84 Å². The van der Waals surface area contributed by atoms with E-state index in [1.54, 1.807) is 51.1 Å². The maximum Gasteiger partial charge on any atom is 0.412 e. The molecule has 0 saturated carbocycles. The third-order valence-electron chi connectivity index (χ3n) is 2.73. The van der Waals surface area contributed by atoms with Crippen molar-refractivity contribution < 1.29 is 19.4 Å². The van der Waals surface area contributed by atoms with E-state index in [0.717, 1.165) is 10.8 Å². The predicted octanol–water partition coefficient (Wildman–Crippen LogP) is 3.89. The number of anilines is 1. The van der Waals surface area contributed by atoms with Gasteiger partial charge in [-0.2, -0.15) is 0 Å². The summed E-state index contributed by atoms with van der Waals surface area (Å²) in [6.07, 6.45) is -0.545. The molecule has 0 bridgehead atoms. The average Bonchev–Trinajstić information content (AvgIpc) is 2.35. The molecule has 2 rings (SSSR count). The number of carbonyl (C=O) groups excluding carboxylic acids is 1. The molecule has 5 heteroatoms. The molecule has 1 amide bonds. The van der Waals surface area contributed by atoms with Crippen LogP contribution in [0.25, 0.3) is 10.8 Å². The van der Waals surface area contributed by atoms with E-state index in [9.17, 15) is 9.59 Å². The third kappa shape index (κ3) is 3.95. The third-order valence-corrected chi connectivity index (χ3v) is 2.73. The van der Waals surface area contributed by atoms with E-state index in [0.29, 0.717) is 5.69 Å². The summed E-state index contributed by atoms with van der Waals surface area (Å²) in [5.74, 6) is -0.984. The molecule has 5 nitrogen and oxygen atoms in total. The zero-order valence-corrected chi connectivity index (χ0v) is 12.1. The first-order valence-electron chi connectivity index (χ1n) is 6.52. The fourth-order valence-electron chi connectivity index (χ4n) is 1.88. The highest BCUT2D eigenvalue weighted by atomic mass is 16.6. The zero-order chi connectivity index (χ0) is 15.6. The largest absolute Gasteiger partial charge is 0.478 e. The van der Waals surface area contributed by atoms with Gasteiger partial charge in [0.15, 0.2) is 0 Å². The van der Waals surface area contributed by atoms with Crippen LogP contribution in [0.15, 0.2) is 36.4 Å². The minimum absolute atomic E-state index is 0.205. The summed E-state index contributed by atoms with van der Waals surface area (Å²) >= 11 is 0. The van der Waals surface area contributed by atoms with Crippen LogP contribution in [0.1, 0.15) is 31.1 Å². The number of amides is 1. The topological polar surface area (TPSA) is 75.6 Å². The average molecular weight is 287 g/mol. The molecule has 0 heterocycles. The van der Waals surface area contributed by atoms with Gasteiger partial charge in [0.2, 0.25) is 0 Å². The molecule has 110 valence electrons. The molecule has 0 fully saturated rings. The van der Waals surface area contributed by atoms with E-state index in [2.05, 4.69) is 5.32 Å². The minimum atomic E-state index is -0.984. The summed E-state index contributed by atoms with van der Waals surface area (Å²) in [5, 5.41) is 13.3. The lowest BCUT2D eigenvalue weighted by atomic mass is 10.1. The van der Waals surface area contributed by atoms with Gasteiger partial charge in [0.25, 0.3) is 0 Å². The van der Waals surface area contributed by atoms with Gasteiger partial charge in [0, 0.05) is 5.69 Å². The molecule has 0 aliphatic heterocycles. The van der Waals surface area contributed by atoms with Gasteiger partial charge >= 0.3 is 12.1 Å². The molecule has 0 spiro atoms. The Balaban J connectivity index is 2.25. The maximum absolute atomic E-state index is 11.7. The van der Waals surface area contributed by atoms with Crippen molar-refractivity contribution in [2.75, 3.05) is 5.32 Å². The second-order valence-corrected chi connectivity index (χ2v) is 5.71. The van der Waals surface area contributed by atoms with Crippen LogP contribution in [-0.4, -0.2) is 22.8 Å². The number of nitrogens with one attached hydrogen (secondary N) is 1. The van der Waals surface area contributed by atoms with Gasteiger partial charge in [0.05, 0.1) is 5.56 Å². The number of aromatic carboxylic acids is 1. The van der Waals surface area contributed by atoms with Gasteiger partial charge < -0.3 is 9.84 Å². The number of carboxylic acid groups (broad SMARTS) is 1. The number of carbonyl (C=O) groups is 2. The summed E-state index contributed by atoms with van der Waals surface area (Å²) in [6.45, 7) is 5.35. The molecule has 0 atom stereocenters. The quantitative estimate of drug-likeness (QED) is 0.878. The number of hydrogen-bond acceptors (Lipinski definition) is 3. The first-order valence-corrected chi connectivity index (χ1v) is 6.52. The van der Waals surface area contributed by atoms with E-state index in [1.165, 1.54) is 0 Å². The molecule has 0 aliphatic rings. The number of rotatable bonds is 2. The molecule has 2 aromatic rings. The monoisotopic (exact) mass is 287 g/mol. The lowest BCUT2D eigenvalue weighted by Crippen LogP contribution is -2.27. The van der Waals surface area contributed by atoms with Crippen molar-refractivity contribution in [1.82, 2.24) is 0 Å². The van der Waals surface area contributed by atoms with Gasteiger partial charge in [-0.25, -0.2) is 9.59 Å². The van der Waals surface area contributed by atoms with Crippen LogP contribution in [-0.2, 0) is 4.74 Å². The summed E-state index contributed by atoms with van der Waals surface area (Å²) < 4.78 is 5.17. The molecule has 21 heavy (non-hydrogen) atoms. The second kappa shape index (κ2) is 5.44. The van der Waals surface area contributed by atoms with Gasteiger partial charge in [-0.3, -0.25) is 5.32 Å². The fraction of sp³-hybridized carbons (Fsp3) is 0.250. The van der Waals surface area contributed by atoms with Crippen LogP contribution in [0.3, 0.4) is 0 Å². The molecule has 0 aromatic heterocycles. The van der Waals surface area contributed by atoms with Crippen LogP contribution >= 0.6 is 0 Å². The van der Waals surface area contributed by atoms with Crippen molar-refractivity contribution in [2.45, 2.75) is 26.4 Å².